The van der Waals surface area contributed by atoms with Gasteiger partial charge in [0.2, 0.25) is 5.91 Å². The first-order valence-electron chi connectivity index (χ1n) is 14.8. The molecule has 9 nitrogen and oxygen atoms in total. The summed E-state index contributed by atoms with van der Waals surface area (Å²) in [6, 6.07) is 14.6. The molecule has 42 heavy (non-hydrogen) atoms. The molecule has 4 aliphatic rings. The first-order chi connectivity index (χ1) is 20.1. The number of hydrogen-bond acceptors (Lipinski definition) is 6. The van der Waals surface area contributed by atoms with Gasteiger partial charge in [-0.05, 0) is 50.5 Å². The number of likely N-dealkylation sites (tertiary alicyclic amines) is 1. The number of aliphatic hydroxyl groups is 1. The molecule has 3 fully saturated rings. The van der Waals surface area contributed by atoms with Gasteiger partial charge in [0.1, 0.15) is 12.3 Å². The second kappa shape index (κ2) is 10.6. The highest BCUT2D eigenvalue weighted by Crippen LogP contribution is 2.58. The minimum Gasteiger partial charge on any atom is -0.447 e. The molecule has 0 aromatic heterocycles. The number of nitrogens with zero attached hydrogens (tertiary/aromatic N) is 3. The van der Waals surface area contributed by atoms with Crippen molar-refractivity contribution in [3.05, 3.63) is 59.7 Å². The van der Waals surface area contributed by atoms with Crippen LogP contribution in [0.1, 0.15) is 51.2 Å². The van der Waals surface area contributed by atoms with E-state index < -0.39 is 29.2 Å². The Balaban J connectivity index is 1.30. The summed E-state index contributed by atoms with van der Waals surface area (Å²) in [5.41, 5.74) is -0.196. The van der Waals surface area contributed by atoms with E-state index in [9.17, 15) is 19.5 Å². The van der Waals surface area contributed by atoms with E-state index in [4.69, 9.17) is 9.47 Å². The number of anilines is 2. The molecule has 1 N–H and O–H groups in total. The number of halogens is 1. The lowest BCUT2D eigenvalue weighted by molar-refractivity contribution is -0.150. The number of hydrogen-bond donors (Lipinski definition) is 1. The number of benzene rings is 2. The Hall–Kier alpha value is -3.50. The van der Waals surface area contributed by atoms with Crippen LogP contribution >= 0.6 is 0 Å². The van der Waals surface area contributed by atoms with E-state index in [0.717, 1.165) is 24.1 Å². The highest BCUT2D eigenvalue weighted by molar-refractivity contribution is 6.07. The summed E-state index contributed by atoms with van der Waals surface area (Å²) in [6.45, 7) is 6.37. The number of carbonyl (C=O) groups excluding carboxylic acids is 3. The average molecular weight is 580 g/mol. The van der Waals surface area contributed by atoms with Gasteiger partial charge in [0.15, 0.2) is 5.60 Å². The zero-order chi connectivity index (χ0) is 29.8. The SMILES string of the molecule is C[C@@H]1[C@@H](C(C)(C)F)[C@H](CC(=O)N2CCC[C@H]2CO)O[C@@]12C(=O)N(Cc1ccc(N3CCOC3=O)cc1)c1ccccc12. The highest BCUT2D eigenvalue weighted by Gasteiger charge is 2.66. The first-order valence-corrected chi connectivity index (χ1v) is 14.8. The van der Waals surface area contributed by atoms with Gasteiger partial charge >= 0.3 is 6.09 Å². The van der Waals surface area contributed by atoms with Crippen molar-refractivity contribution >= 4 is 29.3 Å². The van der Waals surface area contributed by atoms with E-state index in [-0.39, 0.29) is 43.5 Å². The van der Waals surface area contributed by atoms with Gasteiger partial charge in [0.25, 0.3) is 5.91 Å². The molecular formula is C32H38FN3O6. The lowest BCUT2D eigenvalue weighted by Crippen LogP contribution is -2.45. The maximum absolute atomic E-state index is 15.9. The van der Waals surface area contributed by atoms with Gasteiger partial charge in [-0.1, -0.05) is 37.3 Å². The molecule has 2 aromatic carbocycles. The summed E-state index contributed by atoms with van der Waals surface area (Å²) in [5.74, 6) is -1.73. The number of aliphatic hydroxyl groups excluding tert-OH is 1. The Labute approximate surface area is 245 Å². The van der Waals surface area contributed by atoms with Crippen LogP contribution in [0.5, 0.6) is 0 Å². The molecule has 3 amide bonds. The van der Waals surface area contributed by atoms with Crippen LogP contribution < -0.4 is 9.80 Å². The minimum absolute atomic E-state index is 0.0591. The normalized spacial score (nSPS) is 29.1. The molecule has 0 radical (unpaired) electrons. The minimum atomic E-state index is -1.72. The number of para-hydroxylation sites is 1. The van der Waals surface area contributed by atoms with E-state index in [2.05, 4.69) is 0 Å². The third-order valence-corrected chi connectivity index (χ3v) is 9.50. The molecular weight excluding hydrogens is 541 g/mol. The standard InChI is InChI=1S/C32H38FN3O6/c1-20-28(31(2,3)33)26(17-27(38)34-14-6-7-23(34)19-37)42-32(20)24-8-4-5-9-25(24)36(29(32)39)18-21-10-12-22(13-11-21)35-15-16-41-30(35)40/h4-5,8-13,20,23,26,28,37H,6-7,14-19H2,1-3H3/t20-,23+,26+,28-,32+/m1/s1. The fraction of sp³-hybridized carbons (Fsp3) is 0.531. The monoisotopic (exact) mass is 579 g/mol. The van der Waals surface area contributed by atoms with Crippen LogP contribution in [0.3, 0.4) is 0 Å². The van der Waals surface area contributed by atoms with Crippen molar-refractivity contribution in [3.8, 4) is 0 Å². The summed E-state index contributed by atoms with van der Waals surface area (Å²) in [5, 5.41) is 9.75. The zero-order valence-electron chi connectivity index (χ0n) is 24.3. The summed E-state index contributed by atoms with van der Waals surface area (Å²) in [7, 11) is 0. The van der Waals surface area contributed by atoms with Gasteiger partial charge in [0, 0.05) is 29.6 Å². The van der Waals surface area contributed by atoms with E-state index in [1.807, 2.05) is 55.5 Å². The van der Waals surface area contributed by atoms with E-state index in [1.165, 1.54) is 13.8 Å². The van der Waals surface area contributed by atoms with Gasteiger partial charge in [-0.15, -0.1) is 0 Å². The van der Waals surface area contributed by atoms with Crippen LogP contribution in [0, 0.1) is 11.8 Å². The first kappa shape index (κ1) is 28.6. The average Bonchev–Trinajstić information content (AvgIpc) is 3.72. The largest absolute Gasteiger partial charge is 0.447 e. The molecule has 224 valence electrons. The summed E-state index contributed by atoms with van der Waals surface area (Å²) in [6.07, 6.45) is 0.289. The van der Waals surface area contributed by atoms with Crippen LogP contribution in [-0.2, 0) is 31.2 Å². The van der Waals surface area contributed by atoms with Gasteiger partial charge in [0.05, 0.1) is 44.0 Å². The van der Waals surface area contributed by atoms with Crippen LogP contribution in [0.4, 0.5) is 20.6 Å². The molecule has 4 heterocycles. The summed E-state index contributed by atoms with van der Waals surface area (Å²) < 4.78 is 27.6. The van der Waals surface area contributed by atoms with Crippen molar-refractivity contribution in [2.45, 2.75) is 70.0 Å². The third-order valence-electron chi connectivity index (χ3n) is 9.50. The number of amides is 3. The number of alkyl halides is 1. The van der Waals surface area contributed by atoms with Crippen LogP contribution in [0.25, 0.3) is 0 Å². The Morgan fingerprint density at radius 2 is 1.86 bits per heavy atom. The van der Waals surface area contributed by atoms with Gasteiger partial charge < -0.3 is 24.4 Å². The van der Waals surface area contributed by atoms with Crippen LogP contribution in [0.2, 0.25) is 0 Å². The maximum atomic E-state index is 15.9. The molecule has 3 saturated heterocycles. The van der Waals surface area contributed by atoms with Crippen molar-refractivity contribution in [3.63, 3.8) is 0 Å². The lowest BCUT2D eigenvalue weighted by atomic mass is 9.71. The zero-order valence-corrected chi connectivity index (χ0v) is 24.3. The van der Waals surface area contributed by atoms with Crippen molar-refractivity contribution in [2.24, 2.45) is 11.8 Å². The Morgan fingerprint density at radius 3 is 2.52 bits per heavy atom. The Bertz CT molecular complexity index is 1380. The Kier molecular flexibility index (Phi) is 7.25. The molecule has 2 aromatic rings. The smallest absolute Gasteiger partial charge is 0.414 e. The van der Waals surface area contributed by atoms with Crippen molar-refractivity contribution in [2.75, 3.05) is 36.1 Å². The van der Waals surface area contributed by atoms with Crippen molar-refractivity contribution in [1.82, 2.24) is 4.90 Å². The molecule has 0 unspecified atom stereocenters. The topological polar surface area (TPSA) is 99.6 Å². The molecule has 0 bridgehead atoms. The highest BCUT2D eigenvalue weighted by atomic mass is 19.1. The summed E-state index contributed by atoms with van der Waals surface area (Å²) >= 11 is 0. The number of carbonyl (C=O) groups is 3. The number of fused-ring (bicyclic) bond motifs is 2. The van der Waals surface area contributed by atoms with E-state index in [1.54, 1.807) is 14.7 Å². The van der Waals surface area contributed by atoms with Gasteiger partial charge in [-0.2, -0.15) is 0 Å². The number of cyclic esters (lactones) is 1. The molecule has 0 saturated carbocycles. The van der Waals surface area contributed by atoms with E-state index in [0.29, 0.717) is 30.9 Å². The predicted molar refractivity (Wildman–Crippen MR) is 154 cm³/mol. The van der Waals surface area contributed by atoms with Crippen LogP contribution in [0.15, 0.2) is 48.5 Å². The second-order valence-electron chi connectivity index (χ2n) is 12.4. The second-order valence-corrected chi connectivity index (χ2v) is 12.4. The maximum Gasteiger partial charge on any atom is 0.414 e. The lowest BCUT2D eigenvalue weighted by Gasteiger charge is -2.32. The molecule has 0 aliphatic carbocycles. The molecule has 6 rings (SSSR count). The third kappa shape index (κ3) is 4.55. The molecule has 5 atom stereocenters. The Morgan fingerprint density at radius 1 is 1.12 bits per heavy atom. The van der Waals surface area contributed by atoms with Gasteiger partial charge in [-0.25, -0.2) is 9.18 Å². The van der Waals surface area contributed by atoms with Crippen molar-refractivity contribution < 1.29 is 33.4 Å². The molecule has 10 heteroatoms. The number of ether oxygens (including phenoxy) is 2. The van der Waals surface area contributed by atoms with Gasteiger partial charge in [-0.3, -0.25) is 14.5 Å². The van der Waals surface area contributed by atoms with Crippen LogP contribution in [-0.4, -0.2) is 72.0 Å². The molecule has 1 spiro atoms. The number of rotatable bonds is 7. The van der Waals surface area contributed by atoms with Crippen molar-refractivity contribution in [1.29, 1.82) is 0 Å². The quantitative estimate of drug-likeness (QED) is 0.529. The summed E-state index contributed by atoms with van der Waals surface area (Å²) in [4.78, 5) is 44.8. The fourth-order valence-corrected chi connectivity index (χ4v) is 7.59. The van der Waals surface area contributed by atoms with E-state index >= 15 is 4.39 Å². The fourth-order valence-electron chi connectivity index (χ4n) is 7.59. The molecule has 4 aliphatic heterocycles. The predicted octanol–water partition coefficient (Wildman–Crippen LogP) is 4.16.